The van der Waals surface area contributed by atoms with E-state index in [9.17, 15) is 4.79 Å². The third-order valence-corrected chi connectivity index (χ3v) is 4.44. The Morgan fingerprint density at radius 3 is 2.86 bits per heavy atom. The first kappa shape index (κ1) is 14.4. The van der Waals surface area contributed by atoms with E-state index in [1.165, 1.54) is 0 Å². The molecule has 5 nitrogen and oxygen atoms in total. The number of carbonyl (C=O) groups excluding carboxylic acids is 1. The van der Waals surface area contributed by atoms with Crippen LogP contribution in [0.5, 0.6) is 0 Å². The lowest BCUT2D eigenvalue weighted by Crippen LogP contribution is -2.46. The van der Waals surface area contributed by atoms with Crippen LogP contribution in [0.2, 0.25) is 5.02 Å². The Balaban J connectivity index is 1.72. The van der Waals surface area contributed by atoms with E-state index in [-0.39, 0.29) is 17.9 Å². The standard InChI is InChI=1S/C15H18ClN3O2/c1-9(14(17)20)19-6-4-10(5-7-19)15-18-12-8-11(16)2-3-13(12)21-15/h2-3,8-10H,4-7H2,1H3,(H2,17,20). The highest BCUT2D eigenvalue weighted by molar-refractivity contribution is 6.31. The van der Waals surface area contributed by atoms with E-state index in [1.807, 2.05) is 19.1 Å². The zero-order chi connectivity index (χ0) is 15.0. The fourth-order valence-electron chi connectivity index (χ4n) is 2.81. The molecule has 1 unspecified atom stereocenters. The number of primary amides is 1. The second-order valence-corrected chi connectivity index (χ2v) is 5.99. The molecule has 1 aromatic heterocycles. The largest absolute Gasteiger partial charge is 0.440 e. The van der Waals surface area contributed by atoms with Crippen LogP contribution in [0.4, 0.5) is 0 Å². The Kier molecular flexibility index (Phi) is 3.87. The number of benzene rings is 1. The van der Waals surface area contributed by atoms with Crippen molar-refractivity contribution >= 4 is 28.6 Å². The van der Waals surface area contributed by atoms with Crippen LogP contribution in [0.15, 0.2) is 22.6 Å². The third kappa shape index (κ3) is 2.89. The molecule has 2 aromatic rings. The highest BCUT2D eigenvalue weighted by atomic mass is 35.5. The van der Waals surface area contributed by atoms with Crippen LogP contribution in [0.3, 0.4) is 0 Å². The molecule has 1 aliphatic heterocycles. The average molecular weight is 308 g/mol. The number of likely N-dealkylation sites (tertiary alicyclic amines) is 1. The van der Waals surface area contributed by atoms with Crippen LogP contribution in [-0.4, -0.2) is 34.9 Å². The van der Waals surface area contributed by atoms with E-state index in [2.05, 4.69) is 9.88 Å². The monoisotopic (exact) mass is 307 g/mol. The van der Waals surface area contributed by atoms with Gasteiger partial charge in [0.2, 0.25) is 5.91 Å². The number of nitrogens with zero attached hydrogens (tertiary/aromatic N) is 2. The van der Waals surface area contributed by atoms with Crippen molar-refractivity contribution in [3.8, 4) is 0 Å². The van der Waals surface area contributed by atoms with Crippen LogP contribution in [0.1, 0.15) is 31.6 Å². The highest BCUT2D eigenvalue weighted by Crippen LogP contribution is 2.31. The van der Waals surface area contributed by atoms with Crippen LogP contribution in [0, 0.1) is 0 Å². The first-order chi connectivity index (χ1) is 10.0. The molecule has 1 aliphatic rings. The van der Waals surface area contributed by atoms with Crippen LogP contribution in [-0.2, 0) is 4.79 Å². The van der Waals surface area contributed by atoms with Gasteiger partial charge in [-0.3, -0.25) is 9.69 Å². The maximum Gasteiger partial charge on any atom is 0.234 e. The van der Waals surface area contributed by atoms with Crippen LogP contribution < -0.4 is 5.73 Å². The Hall–Kier alpha value is -1.59. The highest BCUT2D eigenvalue weighted by Gasteiger charge is 2.28. The Morgan fingerprint density at radius 1 is 1.48 bits per heavy atom. The fraction of sp³-hybridized carbons (Fsp3) is 0.467. The lowest BCUT2D eigenvalue weighted by molar-refractivity contribution is -0.123. The van der Waals surface area contributed by atoms with Gasteiger partial charge in [-0.1, -0.05) is 11.6 Å². The second kappa shape index (κ2) is 5.66. The molecule has 3 rings (SSSR count). The van der Waals surface area contributed by atoms with Gasteiger partial charge in [-0.2, -0.15) is 0 Å². The van der Waals surface area contributed by atoms with E-state index in [0.29, 0.717) is 5.02 Å². The lowest BCUT2D eigenvalue weighted by atomic mass is 9.96. The quantitative estimate of drug-likeness (QED) is 0.945. The van der Waals surface area contributed by atoms with Gasteiger partial charge in [-0.25, -0.2) is 4.98 Å². The number of fused-ring (bicyclic) bond motifs is 1. The van der Waals surface area contributed by atoms with Crippen LogP contribution >= 0.6 is 11.6 Å². The predicted octanol–water partition coefficient (Wildman–Crippen LogP) is 2.53. The number of piperidine rings is 1. The van der Waals surface area contributed by atoms with E-state index in [4.69, 9.17) is 21.8 Å². The molecule has 6 heteroatoms. The topological polar surface area (TPSA) is 72.4 Å². The van der Waals surface area contributed by atoms with E-state index in [1.54, 1.807) is 6.07 Å². The fourth-order valence-corrected chi connectivity index (χ4v) is 2.97. The molecule has 0 saturated carbocycles. The summed E-state index contributed by atoms with van der Waals surface area (Å²) in [4.78, 5) is 17.9. The minimum atomic E-state index is -0.273. The molecule has 1 saturated heterocycles. The van der Waals surface area contributed by atoms with Crippen molar-refractivity contribution in [3.63, 3.8) is 0 Å². The number of halogens is 1. The summed E-state index contributed by atoms with van der Waals surface area (Å²) < 4.78 is 5.83. The van der Waals surface area contributed by atoms with Crippen molar-refractivity contribution in [3.05, 3.63) is 29.1 Å². The predicted molar refractivity (Wildman–Crippen MR) is 81.2 cm³/mol. The van der Waals surface area contributed by atoms with Gasteiger partial charge < -0.3 is 10.2 Å². The first-order valence-electron chi connectivity index (χ1n) is 7.14. The number of hydrogen-bond donors (Lipinski definition) is 1. The number of rotatable bonds is 3. The molecule has 1 atom stereocenters. The van der Waals surface area contributed by atoms with Gasteiger partial charge in [-0.15, -0.1) is 0 Å². The van der Waals surface area contributed by atoms with Gasteiger partial charge in [0.25, 0.3) is 0 Å². The number of nitrogens with two attached hydrogens (primary N) is 1. The normalized spacial score (nSPS) is 19.0. The summed E-state index contributed by atoms with van der Waals surface area (Å²) in [6, 6.07) is 5.25. The second-order valence-electron chi connectivity index (χ2n) is 5.55. The summed E-state index contributed by atoms with van der Waals surface area (Å²) in [5.41, 5.74) is 6.92. The molecule has 0 radical (unpaired) electrons. The Labute approximate surface area is 128 Å². The number of aromatic nitrogens is 1. The van der Waals surface area contributed by atoms with Gasteiger partial charge in [0.1, 0.15) is 5.52 Å². The number of carbonyl (C=O) groups is 1. The van der Waals surface area contributed by atoms with Gasteiger partial charge in [0.05, 0.1) is 6.04 Å². The molecule has 0 spiro atoms. The first-order valence-corrected chi connectivity index (χ1v) is 7.52. The summed E-state index contributed by atoms with van der Waals surface area (Å²) in [7, 11) is 0. The van der Waals surface area contributed by atoms with Crippen molar-refractivity contribution in [1.82, 2.24) is 9.88 Å². The lowest BCUT2D eigenvalue weighted by Gasteiger charge is -2.33. The summed E-state index contributed by atoms with van der Waals surface area (Å²) in [5, 5.41) is 0.660. The van der Waals surface area contributed by atoms with Crippen molar-refractivity contribution < 1.29 is 9.21 Å². The maximum absolute atomic E-state index is 11.2. The Morgan fingerprint density at radius 2 is 2.19 bits per heavy atom. The maximum atomic E-state index is 11.2. The van der Waals surface area contributed by atoms with Crippen molar-refractivity contribution in [2.45, 2.75) is 31.7 Å². The molecule has 112 valence electrons. The number of oxazole rings is 1. The number of hydrogen-bond acceptors (Lipinski definition) is 4. The van der Waals surface area contributed by atoms with Crippen molar-refractivity contribution in [1.29, 1.82) is 0 Å². The molecule has 0 bridgehead atoms. The molecule has 1 aromatic carbocycles. The summed E-state index contributed by atoms with van der Waals surface area (Å²) in [6.45, 7) is 3.51. The SMILES string of the molecule is CC(C(N)=O)N1CCC(c2nc3cc(Cl)ccc3o2)CC1. The van der Waals surface area contributed by atoms with Crippen molar-refractivity contribution in [2.24, 2.45) is 5.73 Å². The molecule has 1 amide bonds. The van der Waals surface area contributed by atoms with Crippen LogP contribution in [0.25, 0.3) is 11.1 Å². The molecule has 2 heterocycles. The molecule has 21 heavy (non-hydrogen) atoms. The van der Waals surface area contributed by atoms with Gasteiger partial charge >= 0.3 is 0 Å². The molecule has 2 N–H and O–H groups in total. The van der Waals surface area contributed by atoms with Gasteiger partial charge in [0.15, 0.2) is 11.5 Å². The van der Waals surface area contributed by atoms with Gasteiger partial charge in [0, 0.05) is 10.9 Å². The minimum absolute atomic E-state index is 0.214. The molecular weight excluding hydrogens is 290 g/mol. The van der Waals surface area contributed by atoms with Gasteiger partial charge in [-0.05, 0) is 51.1 Å². The minimum Gasteiger partial charge on any atom is -0.440 e. The van der Waals surface area contributed by atoms with E-state index < -0.39 is 0 Å². The third-order valence-electron chi connectivity index (χ3n) is 4.20. The zero-order valence-corrected chi connectivity index (χ0v) is 12.6. The molecule has 1 fully saturated rings. The molecule has 0 aliphatic carbocycles. The smallest absolute Gasteiger partial charge is 0.234 e. The van der Waals surface area contributed by atoms with E-state index in [0.717, 1.165) is 42.9 Å². The zero-order valence-electron chi connectivity index (χ0n) is 11.9. The molecular formula is C15H18ClN3O2. The Bertz CT molecular complexity index is 662. The summed E-state index contributed by atoms with van der Waals surface area (Å²) in [6.07, 6.45) is 1.83. The van der Waals surface area contributed by atoms with Crippen molar-refractivity contribution in [2.75, 3.05) is 13.1 Å². The average Bonchev–Trinajstić information content (AvgIpc) is 2.89. The summed E-state index contributed by atoms with van der Waals surface area (Å²) >= 11 is 5.97. The van der Waals surface area contributed by atoms with E-state index >= 15 is 0 Å². The number of amides is 1. The summed E-state index contributed by atoms with van der Waals surface area (Å²) in [5.74, 6) is 0.774.